The molecule has 2 rings (SSSR count). The molecule has 0 atom stereocenters. The third-order valence-electron chi connectivity index (χ3n) is 1.82. The van der Waals surface area contributed by atoms with Crippen LogP contribution in [0.2, 0.25) is 0 Å². The van der Waals surface area contributed by atoms with E-state index in [1.54, 1.807) is 29.2 Å². The predicted octanol–water partition coefficient (Wildman–Crippen LogP) is 1.13. The van der Waals surface area contributed by atoms with E-state index < -0.39 is 5.91 Å². The van der Waals surface area contributed by atoms with Crippen LogP contribution in [0.4, 0.5) is 0 Å². The molecule has 2 N–H and O–H groups in total. The molecule has 2 aromatic heterocycles. The van der Waals surface area contributed by atoms with Crippen molar-refractivity contribution in [2.75, 3.05) is 0 Å². The Balaban J connectivity index is 2.45. The summed E-state index contributed by atoms with van der Waals surface area (Å²) >= 11 is 3.27. The lowest BCUT2D eigenvalue weighted by Gasteiger charge is -2.00. The zero-order chi connectivity index (χ0) is 10.8. The maximum Gasteiger partial charge on any atom is 0.248 e. The number of nitrogens with zero attached hydrogens (tertiary/aromatic N) is 3. The van der Waals surface area contributed by atoms with Crippen molar-refractivity contribution in [3.05, 3.63) is 40.8 Å². The number of rotatable bonds is 2. The largest absolute Gasteiger partial charge is 0.366 e. The van der Waals surface area contributed by atoms with Crippen LogP contribution in [0.15, 0.2) is 35.2 Å². The molecule has 0 saturated carbocycles. The topological polar surface area (TPSA) is 73.8 Å². The molecule has 76 valence electrons. The molecule has 0 unspecified atom stereocenters. The van der Waals surface area contributed by atoms with Gasteiger partial charge in [0.2, 0.25) is 5.91 Å². The molecule has 0 aliphatic heterocycles. The Bertz CT molecular complexity index is 508. The van der Waals surface area contributed by atoms with Crippen LogP contribution in [0, 0.1) is 0 Å². The molecular formula is C9H7BrN4O. The van der Waals surface area contributed by atoms with Crippen LogP contribution >= 0.6 is 15.9 Å². The van der Waals surface area contributed by atoms with E-state index in [-0.39, 0.29) is 0 Å². The Morgan fingerprint density at radius 1 is 1.53 bits per heavy atom. The third-order valence-corrected chi connectivity index (χ3v) is 2.23. The smallest absolute Gasteiger partial charge is 0.248 e. The average Bonchev–Trinajstić information content (AvgIpc) is 2.65. The second-order valence-electron chi connectivity index (χ2n) is 2.87. The van der Waals surface area contributed by atoms with Crippen LogP contribution in [0.3, 0.4) is 0 Å². The number of pyridine rings is 1. The summed E-state index contributed by atoms with van der Waals surface area (Å²) in [5.41, 5.74) is 5.57. The molecule has 6 heteroatoms. The Hall–Kier alpha value is -1.69. The van der Waals surface area contributed by atoms with Gasteiger partial charge < -0.3 is 5.73 Å². The van der Waals surface area contributed by atoms with Gasteiger partial charge in [-0.15, -0.1) is 0 Å². The van der Waals surface area contributed by atoms with Gasteiger partial charge >= 0.3 is 0 Å². The molecule has 0 bridgehead atoms. The summed E-state index contributed by atoms with van der Waals surface area (Å²) in [6.07, 6.45) is 4.90. The van der Waals surface area contributed by atoms with Gasteiger partial charge in [0.15, 0.2) is 5.82 Å². The van der Waals surface area contributed by atoms with E-state index >= 15 is 0 Å². The molecule has 5 nitrogen and oxygen atoms in total. The Kier molecular flexibility index (Phi) is 2.51. The highest BCUT2D eigenvalue weighted by atomic mass is 79.9. The number of carbonyl (C=O) groups excluding carboxylic acids is 1. The van der Waals surface area contributed by atoms with Crippen LogP contribution in [0.5, 0.6) is 0 Å². The molecule has 15 heavy (non-hydrogen) atoms. The summed E-state index contributed by atoms with van der Waals surface area (Å²) in [4.78, 5) is 15.0. The minimum absolute atomic E-state index is 0.409. The number of primary amides is 1. The zero-order valence-electron chi connectivity index (χ0n) is 7.59. The highest BCUT2D eigenvalue weighted by Gasteiger charge is 2.04. The van der Waals surface area contributed by atoms with Crippen molar-refractivity contribution in [3.63, 3.8) is 0 Å². The van der Waals surface area contributed by atoms with Crippen LogP contribution in [0.1, 0.15) is 10.4 Å². The molecule has 0 aliphatic carbocycles. The monoisotopic (exact) mass is 266 g/mol. The highest BCUT2D eigenvalue weighted by molar-refractivity contribution is 9.10. The average molecular weight is 267 g/mol. The van der Waals surface area contributed by atoms with E-state index in [0.717, 1.165) is 4.47 Å². The molecular weight excluding hydrogens is 260 g/mol. The van der Waals surface area contributed by atoms with Crippen molar-refractivity contribution in [1.82, 2.24) is 14.8 Å². The van der Waals surface area contributed by atoms with Crippen molar-refractivity contribution < 1.29 is 4.79 Å². The maximum atomic E-state index is 10.9. The molecule has 0 radical (unpaired) electrons. The van der Waals surface area contributed by atoms with Crippen molar-refractivity contribution in [2.24, 2.45) is 5.73 Å². The Morgan fingerprint density at radius 3 is 2.93 bits per heavy atom. The van der Waals surface area contributed by atoms with Crippen molar-refractivity contribution in [1.29, 1.82) is 0 Å². The molecule has 1 amide bonds. The first-order chi connectivity index (χ1) is 7.16. The van der Waals surface area contributed by atoms with Gasteiger partial charge in [-0.3, -0.25) is 4.79 Å². The highest BCUT2D eigenvalue weighted by Crippen LogP contribution is 2.11. The number of halogens is 1. The van der Waals surface area contributed by atoms with E-state index in [1.165, 1.54) is 6.20 Å². The Morgan fingerprint density at radius 2 is 2.33 bits per heavy atom. The lowest BCUT2D eigenvalue weighted by molar-refractivity contribution is 0.1000. The van der Waals surface area contributed by atoms with Gasteiger partial charge in [0.1, 0.15) is 0 Å². The lowest BCUT2D eigenvalue weighted by atomic mass is 10.2. The second-order valence-corrected chi connectivity index (χ2v) is 3.79. The molecule has 2 aromatic rings. The van der Waals surface area contributed by atoms with Gasteiger partial charge in [0.05, 0.1) is 10.7 Å². The molecule has 0 aliphatic rings. The zero-order valence-corrected chi connectivity index (χ0v) is 9.18. The molecule has 0 spiro atoms. The van der Waals surface area contributed by atoms with Crippen molar-refractivity contribution in [2.45, 2.75) is 0 Å². The van der Waals surface area contributed by atoms with E-state index in [0.29, 0.717) is 11.4 Å². The normalized spacial score (nSPS) is 10.2. The summed E-state index contributed by atoms with van der Waals surface area (Å²) in [5.74, 6) is 0.0712. The second kappa shape index (κ2) is 3.82. The fraction of sp³-hybridized carbons (Fsp3) is 0. The summed E-state index contributed by atoms with van der Waals surface area (Å²) in [7, 11) is 0. The van der Waals surface area contributed by atoms with Crippen LogP contribution in [0.25, 0.3) is 5.82 Å². The Labute approximate surface area is 94.0 Å². The summed E-state index contributed by atoms with van der Waals surface area (Å²) in [6.45, 7) is 0. The van der Waals surface area contributed by atoms with Gasteiger partial charge in [-0.25, -0.2) is 9.67 Å². The minimum atomic E-state index is -0.482. The van der Waals surface area contributed by atoms with Crippen LogP contribution in [-0.4, -0.2) is 20.7 Å². The number of aromatic nitrogens is 3. The van der Waals surface area contributed by atoms with E-state index in [1.807, 2.05) is 0 Å². The van der Waals surface area contributed by atoms with Gasteiger partial charge in [-0.1, -0.05) is 0 Å². The first-order valence-electron chi connectivity index (χ1n) is 4.13. The molecule has 0 aromatic carbocycles. The van der Waals surface area contributed by atoms with Crippen molar-refractivity contribution in [3.8, 4) is 5.82 Å². The molecule has 2 heterocycles. The van der Waals surface area contributed by atoms with Crippen molar-refractivity contribution >= 4 is 21.8 Å². The summed E-state index contributed by atoms with van der Waals surface area (Å²) < 4.78 is 2.39. The third kappa shape index (κ3) is 2.04. The van der Waals surface area contributed by atoms with Crippen LogP contribution in [-0.2, 0) is 0 Å². The maximum absolute atomic E-state index is 10.9. The van der Waals surface area contributed by atoms with Gasteiger partial charge in [-0.2, -0.15) is 5.10 Å². The first-order valence-corrected chi connectivity index (χ1v) is 4.92. The fourth-order valence-corrected chi connectivity index (χ4v) is 1.41. The van der Waals surface area contributed by atoms with E-state index in [2.05, 4.69) is 26.0 Å². The number of nitrogens with two attached hydrogens (primary N) is 1. The first kappa shape index (κ1) is 9.85. The fourth-order valence-electron chi connectivity index (χ4n) is 1.12. The van der Waals surface area contributed by atoms with E-state index in [4.69, 9.17) is 5.73 Å². The van der Waals surface area contributed by atoms with Gasteiger partial charge in [-0.05, 0) is 28.1 Å². The lowest BCUT2D eigenvalue weighted by Crippen LogP contribution is -2.12. The number of amides is 1. The van der Waals surface area contributed by atoms with Crippen LogP contribution < -0.4 is 5.73 Å². The van der Waals surface area contributed by atoms with Gasteiger partial charge in [0.25, 0.3) is 0 Å². The molecule has 0 fully saturated rings. The number of hydrogen-bond acceptors (Lipinski definition) is 3. The minimum Gasteiger partial charge on any atom is -0.366 e. The quantitative estimate of drug-likeness (QED) is 0.886. The number of carbonyl (C=O) groups is 1. The summed E-state index contributed by atoms with van der Waals surface area (Å²) in [5, 5.41) is 4.04. The van der Waals surface area contributed by atoms with E-state index in [9.17, 15) is 4.79 Å². The van der Waals surface area contributed by atoms with Gasteiger partial charge in [0, 0.05) is 18.0 Å². The summed E-state index contributed by atoms with van der Waals surface area (Å²) in [6, 6.07) is 3.14. The SMILES string of the molecule is NC(=O)c1ccnc(-n2cc(Br)cn2)c1. The standard InChI is InChI=1S/C9H7BrN4O/c10-7-4-13-14(5-7)8-3-6(9(11)15)1-2-12-8/h1-5H,(H2,11,15). The number of hydrogen-bond donors (Lipinski definition) is 1. The predicted molar refractivity (Wildman–Crippen MR) is 57.6 cm³/mol. The molecule has 0 saturated heterocycles.